The van der Waals surface area contributed by atoms with Gasteiger partial charge in [0.25, 0.3) is 0 Å². The van der Waals surface area contributed by atoms with Gasteiger partial charge in [0.1, 0.15) is 11.9 Å². The van der Waals surface area contributed by atoms with Crippen molar-refractivity contribution in [1.29, 1.82) is 0 Å². The Morgan fingerprint density at radius 3 is 2.46 bits per heavy atom. The highest BCUT2D eigenvalue weighted by Crippen LogP contribution is 2.50. The molecule has 1 saturated heterocycles. The lowest BCUT2D eigenvalue weighted by atomic mass is 9.95. The van der Waals surface area contributed by atoms with Crippen LogP contribution >= 0.6 is 0 Å². The van der Waals surface area contributed by atoms with Crippen molar-refractivity contribution in [2.24, 2.45) is 5.92 Å². The van der Waals surface area contributed by atoms with Gasteiger partial charge in [0, 0.05) is 19.0 Å². The van der Waals surface area contributed by atoms with Gasteiger partial charge in [0.15, 0.2) is 11.5 Å². The number of likely N-dealkylation sites (tertiary alicyclic amines) is 1. The minimum absolute atomic E-state index is 0.0830. The van der Waals surface area contributed by atoms with Gasteiger partial charge in [-0.15, -0.1) is 0 Å². The first-order valence-electron chi connectivity index (χ1n) is 16.4. The van der Waals surface area contributed by atoms with E-state index in [1.165, 1.54) is 6.92 Å². The summed E-state index contributed by atoms with van der Waals surface area (Å²) in [6, 6.07) is 13.6. The van der Waals surface area contributed by atoms with Crippen LogP contribution in [0.1, 0.15) is 69.1 Å². The zero-order chi connectivity index (χ0) is 34.1. The number of para-hydroxylation sites is 2. The van der Waals surface area contributed by atoms with Gasteiger partial charge in [-0.2, -0.15) is 0 Å². The molecule has 0 spiro atoms. The second-order valence-electron chi connectivity index (χ2n) is 12.8. The van der Waals surface area contributed by atoms with E-state index in [2.05, 4.69) is 15.6 Å². The van der Waals surface area contributed by atoms with Crippen molar-refractivity contribution in [2.75, 3.05) is 33.2 Å². The average Bonchev–Trinajstić information content (AvgIpc) is 3.67. The smallest absolute Gasteiger partial charge is 0.245 e. The van der Waals surface area contributed by atoms with Crippen LogP contribution < -0.4 is 30.3 Å². The first-order valence-corrected chi connectivity index (χ1v) is 16.4. The number of aromatic amines is 1. The molecule has 0 unspecified atom stereocenters. The molecule has 0 radical (unpaired) electrons. The van der Waals surface area contributed by atoms with Crippen LogP contribution in [-0.2, 0) is 16.0 Å². The highest BCUT2D eigenvalue weighted by Gasteiger charge is 2.37. The van der Waals surface area contributed by atoms with Crippen LogP contribution in [0.2, 0.25) is 0 Å². The second kappa shape index (κ2) is 13.6. The normalized spacial score (nSPS) is 17.7. The molecule has 1 fully saturated rings. The Labute approximate surface area is 280 Å². The number of carbonyl (C=O) groups is 2. The van der Waals surface area contributed by atoms with Crippen molar-refractivity contribution < 1.29 is 23.8 Å². The number of anilines is 1. The molecule has 3 N–H and O–H groups in total. The molecule has 11 heteroatoms. The maximum Gasteiger partial charge on any atom is 0.245 e. The summed E-state index contributed by atoms with van der Waals surface area (Å²) in [6.07, 6.45) is 2.81. The molecule has 11 nitrogen and oxygen atoms in total. The minimum atomic E-state index is -0.665. The van der Waals surface area contributed by atoms with E-state index in [1.54, 1.807) is 33.5 Å². The minimum Gasteiger partial charge on any atom is -0.493 e. The molecule has 48 heavy (non-hydrogen) atoms. The molecule has 4 aromatic rings. The van der Waals surface area contributed by atoms with Crippen molar-refractivity contribution in [2.45, 2.75) is 64.6 Å². The van der Waals surface area contributed by atoms with Crippen LogP contribution in [0.25, 0.3) is 22.2 Å². The first kappa shape index (κ1) is 32.9. The van der Waals surface area contributed by atoms with Gasteiger partial charge in [0.2, 0.25) is 23.0 Å². The van der Waals surface area contributed by atoms with Gasteiger partial charge in [-0.1, -0.05) is 32.0 Å². The lowest BCUT2D eigenvalue weighted by Crippen LogP contribution is -2.46. The molecular weight excluding hydrogens is 610 g/mol. The second-order valence-corrected chi connectivity index (χ2v) is 12.8. The number of nitrogens with one attached hydrogen (secondary N) is 3. The molecule has 3 aromatic carbocycles. The number of hydrogen-bond donors (Lipinski definition) is 3. The van der Waals surface area contributed by atoms with Crippen LogP contribution in [0.4, 0.5) is 5.69 Å². The molecule has 0 saturated carbocycles. The number of imidazole rings is 1. The zero-order valence-corrected chi connectivity index (χ0v) is 28.3. The molecule has 2 amide bonds. The van der Waals surface area contributed by atoms with E-state index in [9.17, 15) is 14.4 Å². The van der Waals surface area contributed by atoms with Crippen LogP contribution in [0, 0.1) is 5.92 Å². The number of aryl methyl sites for hydroxylation is 1. The van der Waals surface area contributed by atoms with Crippen LogP contribution in [0.5, 0.6) is 17.2 Å². The molecule has 1 aliphatic heterocycles. The number of fused-ring (bicyclic) bond motifs is 4. The van der Waals surface area contributed by atoms with Crippen molar-refractivity contribution in [3.05, 3.63) is 75.7 Å². The lowest BCUT2D eigenvalue weighted by Gasteiger charge is -2.30. The summed E-state index contributed by atoms with van der Waals surface area (Å²) in [6.45, 7) is 6.01. The predicted molar refractivity (Wildman–Crippen MR) is 185 cm³/mol. The van der Waals surface area contributed by atoms with E-state index in [4.69, 9.17) is 19.2 Å². The number of H-pyrrole nitrogens is 1. The fourth-order valence-corrected chi connectivity index (χ4v) is 7.13. The highest BCUT2D eigenvalue weighted by molar-refractivity contribution is 5.87. The lowest BCUT2D eigenvalue weighted by molar-refractivity contribution is -0.134. The van der Waals surface area contributed by atoms with Gasteiger partial charge < -0.3 is 34.7 Å². The largest absolute Gasteiger partial charge is 0.493 e. The quantitative estimate of drug-likeness (QED) is 0.214. The molecule has 3 atom stereocenters. The third-order valence-corrected chi connectivity index (χ3v) is 9.42. The molecule has 2 heterocycles. The number of ether oxygens (including phenoxy) is 3. The fraction of sp³-hybridized carbons (Fsp3) is 0.405. The van der Waals surface area contributed by atoms with Gasteiger partial charge in [-0.25, -0.2) is 4.98 Å². The summed E-state index contributed by atoms with van der Waals surface area (Å²) in [5.41, 5.74) is 4.88. The Morgan fingerprint density at radius 1 is 1.00 bits per heavy atom. The molecule has 6 rings (SSSR count). The summed E-state index contributed by atoms with van der Waals surface area (Å²) >= 11 is 0. The van der Waals surface area contributed by atoms with Crippen molar-refractivity contribution in [3.63, 3.8) is 0 Å². The summed E-state index contributed by atoms with van der Waals surface area (Å²) in [4.78, 5) is 50.7. The third kappa shape index (κ3) is 6.05. The Hall–Kier alpha value is -5.06. The van der Waals surface area contributed by atoms with Gasteiger partial charge in [0.05, 0.1) is 50.1 Å². The van der Waals surface area contributed by atoms with E-state index in [-0.39, 0.29) is 34.9 Å². The summed E-state index contributed by atoms with van der Waals surface area (Å²) in [5, 5.41) is 6.37. The van der Waals surface area contributed by atoms with E-state index in [1.807, 2.05) is 55.1 Å². The van der Waals surface area contributed by atoms with Crippen molar-refractivity contribution in [3.8, 4) is 28.4 Å². The average molecular weight is 654 g/mol. The maximum absolute atomic E-state index is 14.3. The predicted octanol–water partition coefficient (Wildman–Crippen LogP) is 5.54. The SMILES string of the molecule is COc1cc2c(c(OC)c1OC)-c1ccc(N[C@H](C(=O)N3CCC[C@H]3c3nc4ccccc4[nH]3)C(C)C)c(=O)cc1[C@@H](NC(C)=O)CC2. The van der Waals surface area contributed by atoms with Gasteiger partial charge in [-0.05, 0) is 78.6 Å². The number of aromatic nitrogens is 2. The van der Waals surface area contributed by atoms with Gasteiger partial charge in [-0.3, -0.25) is 14.4 Å². The van der Waals surface area contributed by atoms with Crippen molar-refractivity contribution in [1.82, 2.24) is 20.2 Å². The summed E-state index contributed by atoms with van der Waals surface area (Å²) < 4.78 is 17.2. The summed E-state index contributed by atoms with van der Waals surface area (Å²) in [5.74, 6) is 1.80. The maximum atomic E-state index is 14.3. The molecule has 2 aliphatic rings. The number of nitrogens with zero attached hydrogens (tertiary/aromatic N) is 2. The Morgan fingerprint density at radius 2 is 1.77 bits per heavy atom. The van der Waals surface area contributed by atoms with E-state index in [0.717, 1.165) is 46.4 Å². The number of benzene rings is 2. The first-order chi connectivity index (χ1) is 23.1. The van der Waals surface area contributed by atoms with Crippen LogP contribution in [0.3, 0.4) is 0 Å². The highest BCUT2D eigenvalue weighted by atomic mass is 16.5. The number of hydrogen-bond acceptors (Lipinski definition) is 8. The van der Waals surface area contributed by atoms with E-state index < -0.39 is 12.1 Å². The van der Waals surface area contributed by atoms with Crippen molar-refractivity contribution >= 4 is 28.5 Å². The molecular formula is C37H43N5O6. The number of carbonyl (C=O) groups excluding carboxylic acids is 2. The number of amides is 2. The monoisotopic (exact) mass is 653 g/mol. The standard InChI is InChI=1S/C37H43N5O6/c1-20(2)33(37(45)42-17-9-12-29(42)36-40-26-10-7-8-11-27(26)41-36)39-28-16-14-23-24(19-30(28)44)25(38-21(3)43)15-13-22-18-31(46-4)34(47-5)35(48-6)32(22)23/h7-8,10-11,14,16,18-20,25,29,33H,9,12-13,15,17H2,1-6H3,(H,38,43)(H,39,44)(H,40,41)/t25-,29-,33-/m0/s1. The molecule has 0 bridgehead atoms. The van der Waals surface area contributed by atoms with Gasteiger partial charge >= 0.3 is 0 Å². The zero-order valence-electron chi connectivity index (χ0n) is 28.3. The Bertz CT molecular complexity index is 1890. The van der Waals surface area contributed by atoms with Crippen LogP contribution in [0.15, 0.2) is 53.3 Å². The summed E-state index contributed by atoms with van der Waals surface area (Å²) in [7, 11) is 4.69. The molecule has 252 valence electrons. The molecule has 1 aromatic heterocycles. The third-order valence-electron chi connectivity index (χ3n) is 9.42. The van der Waals surface area contributed by atoms with Crippen LogP contribution in [-0.4, -0.2) is 60.6 Å². The topological polar surface area (TPSA) is 135 Å². The number of methoxy groups -OCH3 is 3. The molecule has 1 aliphatic carbocycles. The fourth-order valence-electron chi connectivity index (χ4n) is 7.13. The van der Waals surface area contributed by atoms with E-state index in [0.29, 0.717) is 42.2 Å². The van der Waals surface area contributed by atoms with E-state index >= 15 is 0 Å². The Balaban J connectivity index is 1.41. The Kier molecular flexibility index (Phi) is 9.30. The number of rotatable bonds is 9.